The Bertz CT molecular complexity index is 526. The van der Waals surface area contributed by atoms with Crippen LogP contribution in [0.1, 0.15) is 5.56 Å². The number of rotatable bonds is 6. The SMILES string of the molecule is CO[C@@](CO)(CCl)[C@@H](O)Cn1cc(C)c(=O)[nH]c1=O. The molecule has 0 aliphatic rings. The Morgan fingerprint density at radius 2 is 2.21 bits per heavy atom. The van der Waals surface area contributed by atoms with Crippen molar-refractivity contribution in [3.05, 3.63) is 32.6 Å². The van der Waals surface area contributed by atoms with E-state index >= 15 is 0 Å². The highest BCUT2D eigenvalue weighted by Gasteiger charge is 2.37. The lowest BCUT2D eigenvalue weighted by molar-refractivity contribution is -0.119. The number of hydrogen-bond acceptors (Lipinski definition) is 5. The molecular weight excluding hydrogens is 276 g/mol. The lowest BCUT2D eigenvalue weighted by Gasteiger charge is -2.33. The first-order valence-corrected chi connectivity index (χ1v) is 6.14. The first-order valence-electron chi connectivity index (χ1n) is 5.60. The molecule has 8 heteroatoms. The van der Waals surface area contributed by atoms with E-state index < -0.39 is 29.6 Å². The van der Waals surface area contributed by atoms with Gasteiger partial charge in [-0.3, -0.25) is 14.3 Å². The molecule has 0 fully saturated rings. The predicted octanol–water partition coefficient (Wildman–Crippen LogP) is -1.18. The number of aryl methyl sites for hydroxylation is 1. The van der Waals surface area contributed by atoms with Crippen LogP contribution < -0.4 is 11.2 Å². The van der Waals surface area contributed by atoms with Gasteiger partial charge in [-0.1, -0.05) is 0 Å². The second kappa shape index (κ2) is 6.33. The third-order valence-electron chi connectivity index (χ3n) is 3.07. The number of aliphatic hydroxyl groups excluding tert-OH is 2. The van der Waals surface area contributed by atoms with E-state index in [9.17, 15) is 19.8 Å². The molecule has 0 spiro atoms. The third kappa shape index (κ3) is 3.24. The summed E-state index contributed by atoms with van der Waals surface area (Å²) in [6.07, 6.45) is 0.124. The number of methoxy groups -OCH3 is 1. The molecule has 3 N–H and O–H groups in total. The number of aliphatic hydroxyl groups is 2. The van der Waals surface area contributed by atoms with Crippen molar-refractivity contribution in [2.75, 3.05) is 19.6 Å². The average molecular weight is 293 g/mol. The first-order chi connectivity index (χ1) is 8.90. The highest BCUT2D eigenvalue weighted by molar-refractivity contribution is 6.18. The normalized spacial score (nSPS) is 16.1. The van der Waals surface area contributed by atoms with Gasteiger partial charge < -0.3 is 14.9 Å². The topological polar surface area (TPSA) is 105 Å². The van der Waals surface area contributed by atoms with E-state index in [2.05, 4.69) is 4.98 Å². The van der Waals surface area contributed by atoms with E-state index in [4.69, 9.17) is 16.3 Å². The zero-order valence-corrected chi connectivity index (χ0v) is 11.5. The van der Waals surface area contributed by atoms with E-state index in [1.54, 1.807) is 0 Å². The molecule has 0 aromatic carbocycles. The summed E-state index contributed by atoms with van der Waals surface area (Å²) < 4.78 is 6.18. The van der Waals surface area contributed by atoms with Crippen LogP contribution in [0.5, 0.6) is 0 Å². The number of alkyl halides is 1. The molecule has 0 aliphatic carbocycles. The Balaban J connectivity index is 3.06. The number of nitrogens with zero attached hydrogens (tertiary/aromatic N) is 1. The molecule has 108 valence electrons. The van der Waals surface area contributed by atoms with Crippen LogP contribution in [0.25, 0.3) is 0 Å². The molecule has 7 nitrogen and oxygen atoms in total. The van der Waals surface area contributed by atoms with Gasteiger partial charge in [-0.05, 0) is 6.92 Å². The highest BCUT2D eigenvalue weighted by Crippen LogP contribution is 2.18. The molecule has 0 amide bonds. The van der Waals surface area contributed by atoms with Crippen LogP contribution in [0.4, 0.5) is 0 Å². The fourth-order valence-electron chi connectivity index (χ4n) is 1.60. The van der Waals surface area contributed by atoms with Crippen LogP contribution in [0.3, 0.4) is 0 Å². The van der Waals surface area contributed by atoms with Crippen LogP contribution in [-0.4, -0.2) is 51.1 Å². The van der Waals surface area contributed by atoms with Gasteiger partial charge in [0.05, 0.1) is 19.0 Å². The molecule has 0 radical (unpaired) electrons. The van der Waals surface area contributed by atoms with Crippen LogP contribution in [0.2, 0.25) is 0 Å². The second-order valence-electron chi connectivity index (χ2n) is 4.30. The maximum absolute atomic E-state index is 11.6. The number of hydrogen-bond donors (Lipinski definition) is 3. The molecule has 0 saturated carbocycles. The molecule has 1 heterocycles. The Labute approximate surface area is 114 Å². The van der Waals surface area contributed by atoms with Crippen LogP contribution in [0, 0.1) is 6.92 Å². The predicted molar refractivity (Wildman–Crippen MR) is 69.6 cm³/mol. The molecule has 0 saturated heterocycles. The fourth-order valence-corrected chi connectivity index (χ4v) is 1.97. The van der Waals surface area contributed by atoms with Gasteiger partial charge >= 0.3 is 5.69 Å². The molecule has 1 aromatic heterocycles. The molecule has 1 rings (SSSR count). The monoisotopic (exact) mass is 292 g/mol. The van der Waals surface area contributed by atoms with Crippen molar-refractivity contribution in [1.29, 1.82) is 0 Å². The van der Waals surface area contributed by atoms with E-state index in [0.717, 1.165) is 4.57 Å². The van der Waals surface area contributed by atoms with E-state index in [1.165, 1.54) is 20.2 Å². The highest BCUT2D eigenvalue weighted by atomic mass is 35.5. The number of aromatic nitrogens is 2. The quantitative estimate of drug-likeness (QED) is 0.573. The minimum atomic E-state index is -1.36. The van der Waals surface area contributed by atoms with Crippen molar-refractivity contribution in [1.82, 2.24) is 9.55 Å². The largest absolute Gasteiger partial charge is 0.393 e. The number of halogens is 1. The van der Waals surface area contributed by atoms with Crippen molar-refractivity contribution in [3.63, 3.8) is 0 Å². The number of ether oxygens (including phenoxy) is 1. The Morgan fingerprint density at radius 1 is 1.58 bits per heavy atom. The standard InChI is InChI=1S/C11H17ClN2O5/c1-7-3-14(10(18)13-9(7)17)4-8(16)11(5-12,6-15)19-2/h3,8,15-16H,4-6H2,1-2H3,(H,13,17,18)/t8-,11+/m0/s1. The maximum Gasteiger partial charge on any atom is 0.328 e. The molecule has 2 atom stereocenters. The summed E-state index contributed by atoms with van der Waals surface area (Å²) in [4.78, 5) is 24.9. The summed E-state index contributed by atoms with van der Waals surface area (Å²) in [5, 5.41) is 19.4. The van der Waals surface area contributed by atoms with E-state index in [-0.39, 0.29) is 12.4 Å². The molecule has 0 bridgehead atoms. The number of nitrogens with one attached hydrogen (secondary N) is 1. The third-order valence-corrected chi connectivity index (χ3v) is 3.52. The van der Waals surface area contributed by atoms with Gasteiger partial charge in [-0.25, -0.2) is 4.79 Å². The van der Waals surface area contributed by atoms with Gasteiger partial charge in [-0.15, -0.1) is 11.6 Å². The fraction of sp³-hybridized carbons (Fsp3) is 0.636. The van der Waals surface area contributed by atoms with Gasteiger partial charge in [0.15, 0.2) is 0 Å². The Hall–Kier alpha value is -1.15. The number of H-pyrrole nitrogens is 1. The first kappa shape index (κ1) is 15.9. The zero-order valence-electron chi connectivity index (χ0n) is 10.7. The van der Waals surface area contributed by atoms with E-state index in [0.29, 0.717) is 5.56 Å². The Morgan fingerprint density at radius 3 is 2.68 bits per heavy atom. The molecule has 1 aromatic rings. The summed E-state index contributed by atoms with van der Waals surface area (Å²) in [5.74, 6) is -0.141. The summed E-state index contributed by atoms with van der Waals surface area (Å²) in [6, 6.07) is 0. The zero-order chi connectivity index (χ0) is 14.6. The Kier molecular flexibility index (Phi) is 5.30. The van der Waals surface area contributed by atoms with Gasteiger partial charge in [0.1, 0.15) is 11.7 Å². The summed E-state index contributed by atoms with van der Waals surface area (Å²) in [6.45, 7) is 0.890. The molecule has 0 aliphatic heterocycles. The van der Waals surface area contributed by atoms with Gasteiger partial charge in [0.2, 0.25) is 0 Å². The smallest absolute Gasteiger partial charge is 0.328 e. The van der Waals surface area contributed by atoms with E-state index in [1.807, 2.05) is 0 Å². The second-order valence-corrected chi connectivity index (χ2v) is 4.57. The maximum atomic E-state index is 11.6. The van der Waals surface area contributed by atoms with Crippen LogP contribution >= 0.6 is 11.6 Å². The molecule has 19 heavy (non-hydrogen) atoms. The van der Waals surface area contributed by atoms with Gasteiger partial charge in [0, 0.05) is 18.9 Å². The van der Waals surface area contributed by atoms with Gasteiger partial charge in [0.25, 0.3) is 5.56 Å². The van der Waals surface area contributed by atoms with Crippen molar-refractivity contribution in [3.8, 4) is 0 Å². The lowest BCUT2D eigenvalue weighted by Crippen LogP contribution is -2.52. The van der Waals surface area contributed by atoms with Crippen LogP contribution in [0.15, 0.2) is 15.8 Å². The van der Waals surface area contributed by atoms with Crippen molar-refractivity contribution < 1.29 is 14.9 Å². The van der Waals surface area contributed by atoms with Crippen molar-refractivity contribution >= 4 is 11.6 Å². The lowest BCUT2D eigenvalue weighted by atomic mass is 9.99. The average Bonchev–Trinajstić information content (AvgIpc) is 2.38. The van der Waals surface area contributed by atoms with Crippen molar-refractivity contribution in [2.45, 2.75) is 25.2 Å². The van der Waals surface area contributed by atoms with Gasteiger partial charge in [-0.2, -0.15) is 0 Å². The summed E-state index contributed by atoms with van der Waals surface area (Å²) in [7, 11) is 1.31. The molecular formula is C11H17ClN2O5. The summed E-state index contributed by atoms with van der Waals surface area (Å²) in [5.41, 5.74) is -2.14. The van der Waals surface area contributed by atoms with Crippen molar-refractivity contribution in [2.24, 2.45) is 0 Å². The van der Waals surface area contributed by atoms with Crippen LogP contribution in [-0.2, 0) is 11.3 Å². The minimum Gasteiger partial charge on any atom is -0.393 e. The molecule has 0 unspecified atom stereocenters. The number of aromatic amines is 1. The minimum absolute atomic E-state index is 0.141. The summed E-state index contributed by atoms with van der Waals surface area (Å²) >= 11 is 5.69.